The molecule has 0 unspecified atom stereocenters. The summed E-state index contributed by atoms with van der Waals surface area (Å²) < 4.78 is 23.1. The smallest absolute Gasteiger partial charge is 0.255 e. The number of likely N-dealkylation sites (N-methyl/N-ethyl adjacent to an activating group) is 1. The zero-order valence-electron chi connectivity index (χ0n) is 11.4. The van der Waals surface area contributed by atoms with Crippen LogP contribution in [0.2, 0.25) is 5.02 Å². The molecule has 0 saturated carbocycles. The summed E-state index contributed by atoms with van der Waals surface area (Å²) in [6, 6.07) is 4.32. The molecule has 0 aromatic heterocycles. The molecule has 1 aliphatic heterocycles. The summed E-state index contributed by atoms with van der Waals surface area (Å²) in [5.74, 6) is -0.255. The minimum absolute atomic E-state index is 0.100. The third-order valence-electron chi connectivity index (χ3n) is 3.50. The predicted octanol–water partition coefficient (Wildman–Crippen LogP) is 1.18. The molecule has 1 fully saturated rings. The Hall–Kier alpha value is -1.11. The number of amides is 1. The van der Waals surface area contributed by atoms with Gasteiger partial charge in [-0.2, -0.15) is 0 Å². The van der Waals surface area contributed by atoms with Crippen molar-refractivity contribution in [3.05, 3.63) is 28.8 Å². The Kier molecular flexibility index (Phi) is 4.36. The average molecular weight is 317 g/mol. The molecule has 5 nitrogen and oxygen atoms in total. The monoisotopic (exact) mass is 316 g/mol. The van der Waals surface area contributed by atoms with Gasteiger partial charge in [0.1, 0.15) is 0 Å². The minimum atomic E-state index is -3.36. The highest BCUT2D eigenvalue weighted by Gasteiger charge is 2.26. The molecular formula is C13H17ClN2O3S. The van der Waals surface area contributed by atoms with Gasteiger partial charge in [-0.3, -0.25) is 4.79 Å². The number of rotatable bonds is 3. The molecule has 1 amide bonds. The number of nitrogens with one attached hydrogen (secondary N) is 1. The summed E-state index contributed by atoms with van der Waals surface area (Å²) in [4.78, 5) is 14.2. The standard InChI is InChI=1S/C13H17ClN2O3S/c1-16(9-5-6-15-8-9)13(17)11-7-10(20(2,18)19)3-4-12(11)14/h3-4,7,9,15H,5-6,8H2,1-2H3/t9-/m1/s1. The van der Waals surface area contributed by atoms with E-state index in [4.69, 9.17) is 11.6 Å². The van der Waals surface area contributed by atoms with E-state index in [0.29, 0.717) is 0 Å². The second-order valence-corrected chi connectivity index (χ2v) is 7.40. The summed E-state index contributed by atoms with van der Waals surface area (Å²) in [5, 5.41) is 3.45. The van der Waals surface area contributed by atoms with E-state index in [1.165, 1.54) is 18.2 Å². The third kappa shape index (κ3) is 3.13. The lowest BCUT2D eigenvalue weighted by Gasteiger charge is -2.24. The van der Waals surface area contributed by atoms with Crippen LogP contribution in [0.3, 0.4) is 0 Å². The van der Waals surface area contributed by atoms with Crippen molar-refractivity contribution in [1.82, 2.24) is 10.2 Å². The van der Waals surface area contributed by atoms with Crippen molar-refractivity contribution in [1.29, 1.82) is 0 Å². The first-order valence-electron chi connectivity index (χ1n) is 6.28. The van der Waals surface area contributed by atoms with Gasteiger partial charge in [-0.15, -0.1) is 0 Å². The molecule has 1 saturated heterocycles. The lowest BCUT2D eigenvalue weighted by atomic mass is 10.1. The number of sulfone groups is 1. The van der Waals surface area contributed by atoms with Gasteiger partial charge in [-0.1, -0.05) is 11.6 Å². The maximum atomic E-state index is 12.5. The highest BCUT2D eigenvalue weighted by Crippen LogP contribution is 2.23. The number of nitrogens with zero attached hydrogens (tertiary/aromatic N) is 1. The number of hydrogen-bond acceptors (Lipinski definition) is 4. The fourth-order valence-corrected chi connectivity index (χ4v) is 3.07. The van der Waals surface area contributed by atoms with E-state index in [-0.39, 0.29) is 27.4 Å². The molecule has 110 valence electrons. The topological polar surface area (TPSA) is 66.5 Å². The molecule has 0 spiro atoms. The Morgan fingerprint density at radius 1 is 1.45 bits per heavy atom. The van der Waals surface area contributed by atoms with Crippen molar-refractivity contribution in [2.75, 3.05) is 26.4 Å². The molecule has 0 bridgehead atoms. The minimum Gasteiger partial charge on any atom is -0.337 e. The quantitative estimate of drug-likeness (QED) is 0.909. The van der Waals surface area contributed by atoms with Crippen molar-refractivity contribution in [3.63, 3.8) is 0 Å². The molecular weight excluding hydrogens is 300 g/mol. The van der Waals surface area contributed by atoms with Gasteiger partial charge in [0.15, 0.2) is 9.84 Å². The zero-order valence-corrected chi connectivity index (χ0v) is 13.0. The van der Waals surface area contributed by atoms with Crippen LogP contribution in [0.25, 0.3) is 0 Å². The summed E-state index contributed by atoms with van der Waals surface area (Å²) in [6.45, 7) is 1.62. The maximum absolute atomic E-state index is 12.5. The average Bonchev–Trinajstić information content (AvgIpc) is 2.90. The number of hydrogen-bond donors (Lipinski definition) is 1. The van der Waals surface area contributed by atoms with Gasteiger partial charge in [0, 0.05) is 25.9 Å². The van der Waals surface area contributed by atoms with E-state index in [2.05, 4.69) is 5.32 Å². The van der Waals surface area contributed by atoms with Gasteiger partial charge in [-0.05, 0) is 31.2 Å². The molecule has 1 N–H and O–H groups in total. The van der Waals surface area contributed by atoms with Crippen molar-refractivity contribution in [3.8, 4) is 0 Å². The lowest BCUT2D eigenvalue weighted by molar-refractivity contribution is 0.0743. The van der Waals surface area contributed by atoms with Crippen LogP contribution in [0.4, 0.5) is 0 Å². The molecule has 1 heterocycles. The Labute approximate surface area is 123 Å². The molecule has 0 radical (unpaired) electrons. The van der Waals surface area contributed by atoms with E-state index >= 15 is 0 Å². The van der Waals surface area contributed by atoms with Crippen LogP contribution >= 0.6 is 11.6 Å². The van der Waals surface area contributed by atoms with E-state index in [9.17, 15) is 13.2 Å². The van der Waals surface area contributed by atoms with Crippen LogP contribution in [0.1, 0.15) is 16.8 Å². The third-order valence-corrected chi connectivity index (χ3v) is 4.94. The van der Waals surface area contributed by atoms with Gasteiger partial charge >= 0.3 is 0 Å². The Balaban J connectivity index is 2.33. The van der Waals surface area contributed by atoms with Crippen LogP contribution in [-0.2, 0) is 9.84 Å². The highest BCUT2D eigenvalue weighted by molar-refractivity contribution is 7.90. The zero-order chi connectivity index (χ0) is 14.9. The number of carbonyl (C=O) groups excluding carboxylic acids is 1. The van der Waals surface area contributed by atoms with Crippen molar-refractivity contribution in [2.45, 2.75) is 17.4 Å². The van der Waals surface area contributed by atoms with E-state index < -0.39 is 9.84 Å². The first kappa shape index (κ1) is 15.3. The van der Waals surface area contributed by atoms with E-state index in [1.807, 2.05) is 0 Å². The Morgan fingerprint density at radius 2 is 2.15 bits per heavy atom. The van der Waals surface area contributed by atoms with Crippen LogP contribution < -0.4 is 5.32 Å². The summed E-state index contributed by atoms with van der Waals surface area (Å²) in [5.41, 5.74) is 0.226. The number of carbonyl (C=O) groups is 1. The first-order chi connectivity index (χ1) is 9.30. The maximum Gasteiger partial charge on any atom is 0.255 e. The second kappa shape index (κ2) is 5.71. The second-order valence-electron chi connectivity index (χ2n) is 4.98. The van der Waals surface area contributed by atoms with Crippen LogP contribution in [0, 0.1) is 0 Å². The first-order valence-corrected chi connectivity index (χ1v) is 8.55. The number of benzene rings is 1. The largest absolute Gasteiger partial charge is 0.337 e. The summed E-state index contributed by atoms with van der Waals surface area (Å²) in [6.07, 6.45) is 1.99. The molecule has 1 aliphatic rings. The van der Waals surface area contributed by atoms with Gasteiger partial charge in [0.25, 0.3) is 5.91 Å². The van der Waals surface area contributed by atoms with E-state index in [1.54, 1.807) is 11.9 Å². The van der Waals surface area contributed by atoms with Crippen LogP contribution in [-0.4, -0.2) is 51.7 Å². The van der Waals surface area contributed by atoms with Crippen molar-refractivity contribution >= 4 is 27.3 Å². The molecule has 2 rings (SSSR count). The Bertz CT molecular complexity index is 625. The Morgan fingerprint density at radius 3 is 2.70 bits per heavy atom. The molecule has 0 aliphatic carbocycles. The number of halogens is 1. The van der Waals surface area contributed by atoms with Gasteiger partial charge < -0.3 is 10.2 Å². The summed E-state index contributed by atoms with van der Waals surface area (Å²) in [7, 11) is -1.65. The fourth-order valence-electron chi connectivity index (χ4n) is 2.22. The lowest BCUT2D eigenvalue weighted by Crippen LogP contribution is -2.38. The van der Waals surface area contributed by atoms with Crippen molar-refractivity contribution < 1.29 is 13.2 Å². The molecule has 1 aromatic carbocycles. The normalized spacial score (nSPS) is 19.1. The van der Waals surface area contributed by atoms with E-state index in [0.717, 1.165) is 25.8 Å². The van der Waals surface area contributed by atoms with Crippen LogP contribution in [0.15, 0.2) is 23.1 Å². The molecule has 7 heteroatoms. The highest BCUT2D eigenvalue weighted by atomic mass is 35.5. The van der Waals surface area contributed by atoms with Gasteiger partial charge in [-0.25, -0.2) is 8.42 Å². The SMILES string of the molecule is CN(C(=O)c1cc(S(C)(=O)=O)ccc1Cl)[C@@H]1CCNC1. The van der Waals surface area contributed by atoms with Crippen LogP contribution in [0.5, 0.6) is 0 Å². The fraction of sp³-hybridized carbons (Fsp3) is 0.462. The van der Waals surface area contributed by atoms with Gasteiger partial charge in [0.2, 0.25) is 0 Å². The molecule has 20 heavy (non-hydrogen) atoms. The van der Waals surface area contributed by atoms with Gasteiger partial charge in [0.05, 0.1) is 15.5 Å². The van der Waals surface area contributed by atoms with Crippen molar-refractivity contribution in [2.24, 2.45) is 0 Å². The molecule has 1 aromatic rings. The summed E-state index contributed by atoms with van der Waals surface area (Å²) >= 11 is 6.03. The molecule has 1 atom stereocenters. The predicted molar refractivity (Wildman–Crippen MR) is 77.9 cm³/mol.